The number of nitrogens with zero attached hydrogens (tertiary/aromatic N) is 2. The van der Waals surface area contributed by atoms with Crippen LogP contribution in [-0.2, 0) is 4.79 Å². The molecule has 0 aromatic heterocycles. The van der Waals surface area contributed by atoms with Crippen molar-refractivity contribution < 1.29 is 4.79 Å². The van der Waals surface area contributed by atoms with E-state index in [1.54, 1.807) is 13.8 Å². The molecule has 0 N–H and O–H groups in total. The quantitative estimate of drug-likeness (QED) is 0.700. The van der Waals surface area contributed by atoms with Crippen LogP contribution in [0.15, 0.2) is 0 Å². The van der Waals surface area contributed by atoms with Gasteiger partial charge in [0, 0.05) is 13.1 Å². The molecule has 0 bridgehead atoms. The Labute approximate surface area is 104 Å². The zero-order valence-electron chi connectivity index (χ0n) is 10.9. The van der Waals surface area contributed by atoms with E-state index in [0.717, 1.165) is 25.4 Å². The summed E-state index contributed by atoms with van der Waals surface area (Å²) in [5.41, 5.74) is -0.860. The van der Waals surface area contributed by atoms with Crippen LogP contribution in [0.1, 0.15) is 46.0 Å². The van der Waals surface area contributed by atoms with Gasteiger partial charge >= 0.3 is 0 Å². The van der Waals surface area contributed by atoms with Crippen LogP contribution in [0.3, 0.4) is 0 Å². The third-order valence-electron chi connectivity index (χ3n) is 4.39. The maximum atomic E-state index is 12.2. The van der Waals surface area contributed by atoms with Crippen LogP contribution in [-0.4, -0.2) is 23.9 Å². The highest BCUT2D eigenvalue weighted by Gasteiger charge is 2.38. The van der Waals surface area contributed by atoms with Gasteiger partial charge in [-0.15, -0.1) is 0 Å². The lowest BCUT2D eigenvalue weighted by Gasteiger charge is -2.42. The molecule has 0 radical (unpaired) electrons. The molecule has 3 nitrogen and oxygen atoms in total. The van der Waals surface area contributed by atoms with Gasteiger partial charge in [-0.2, -0.15) is 5.26 Å². The lowest BCUT2D eigenvalue weighted by molar-refractivity contribution is -0.140. The third kappa shape index (κ3) is 2.46. The van der Waals surface area contributed by atoms with Gasteiger partial charge in [0.2, 0.25) is 5.91 Å². The molecule has 94 valence electrons. The second kappa shape index (κ2) is 4.68. The van der Waals surface area contributed by atoms with Gasteiger partial charge in [-0.05, 0) is 38.5 Å². The Kier molecular flexibility index (Phi) is 3.42. The lowest BCUT2D eigenvalue weighted by atomic mass is 9.74. The smallest absolute Gasteiger partial charge is 0.242 e. The normalized spacial score (nSPS) is 29.4. The fourth-order valence-electron chi connectivity index (χ4n) is 3.23. The molecule has 1 amide bonds. The van der Waals surface area contributed by atoms with E-state index >= 15 is 0 Å². The number of piperidine rings is 1. The number of carbonyl (C=O) groups is 1. The molecule has 0 spiro atoms. The van der Waals surface area contributed by atoms with Crippen LogP contribution in [0, 0.1) is 28.6 Å². The predicted octanol–water partition coefficient (Wildman–Crippen LogP) is 2.57. The Morgan fingerprint density at radius 2 is 1.88 bits per heavy atom. The van der Waals surface area contributed by atoms with Crippen LogP contribution >= 0.6 is 0 Å². The minimum absolute atomic E-state index is 0.0176. The zero-order valence-corrected chi connectivity index (χ0v) is 10.9. The number of nitriles is 1. The van der Waals surface area contributed by atoms with Gasteiger partial charge in [-0.3, -0.25) is 4.79 Å². The number of hydrogen-bond acceptors (Lipinski definition) is 2. The van der Waals surface area contributed by atoms with E-state index in [9.17, 15) is 4.79 Å². The standard InChI is InChI=1S/C14H22N2O/c1-14(2,10-15)13(17)16-8-7-11-5-3-4-6-12(11)9-16/h11-12H,3-9H2,1-2H3. The second-order valence-corrected chi connectivity index (χ2v) is 6.08. The summed E-state index contributed by atoms with van der Waals surface area (Å²) in [4.78, 5) is 14.2. The lowest BCUT2D eigenvalue weighted by Crippen LogP contribution is -2.48. The minimum Gasteiger partial charge on any atom is -0.341 e. The van der Waals surface area contributed by atoms with Gasteiger partial charge in [0.1, 0.15) is 5.41 Å². The summed E-state index contributed by atoms with van der Waals surface area (Å²) in [6, 6.07) is 2.12. The van der Waals surface area contributed by atoms with Gasteiger partial charge in [0.25, 0.3) is 0 Å². The number of likely N-dealkylation sites (tertiary alicyclic amines) is 1. The summed E-state index contributed by atoms with van der Waals surface area (Å²) in [6.45, 7) is 5.18. The number of fused-ring (bicyclic) bond motifs is 1. The third-order valence-corrected chi connectivity index (χ3v) is 4.39. The molecule has 1 saturated carbocycles. The molecular formula is C14H22N2O. The summed E-state index contributed by atoms with van der Waals surface area (Å²) in [7, 11) is 0. The molecule has 2 rings (SSSR count). The van der Waals surface area contributed by atoms with E-state index in [1.807, 2.05) is 4.90 Å². The summed E-state index contributed by atoms with van der Waals surface area (Å²) in [5, 5.41) is 9.03. The van der Waals surface area contributed by atoms with Crippen molar-refractivity contribution in [2.45, 2.75) is 46.0 Å². The van der Waals surface area contributed by atoms with Crippen molar-refractivity contribution in [3.8, 4) is 6.07 Å². The van der Waals surface area contributed by atoms with Crippen LogP contribution in [0.5, 0.6) is 0 Å². The number of rotatable bonds is 1. The summed E-state index contributed by atoms with van der Waals surface area (Å²) >= 11 is 0. The van der Waals surface area contributed by atoms with Gasteiger partial charge in [-0.25, -0.2) is 0 Å². The Hall–Kier alpha value is -1.04. The van der Waals surface area contributed by atoms with Gasteiger partial charge in [0.05, 0.1) is 6.07 Å². The Morgan fingerprint density at radius 3 is 2.53 bits per heavy atom. The first-order valence-corrected chi connectivity index (χ1v) is 6.75. The van der Waals surface area contributed by atoms with Crippen LogP contribution in [0.2, 0.25) is 0 Å². The van der Waals surface area contributed by atoms with Crippen molar-refractivity contribution >= 4 is 5.91 Å². The first-order chi connectivity index (χ1) is 8.04. The summed E-state index contributed by atoms with van der Waals surface area (Å²) in [6.07, 6.45) is 6.41. The molecule has 3 heteroatoms. The van der Waals surface area contributed by atoms with Gasteiger partial charge in [-0.1, -0.05) is 19.3 Å². The molecule has 1 heterocycles. The molecule has 0 aromatic rings. The molecule has 0 aromatic carbocycles. The molecule has 2 fully saturated rings. The summed E-state index contributed by atoms with van der Waals surface area (Å²) in [5.74, 6) is 1.54. The van der Waals surface area contributed by atoms with E-state index in [-0.39, 0.29) is 5.91 Å². The molecule has 17 heavy (non-hydrogen) atoms. The van der Waals surface area contributed by atoms with Crippen molar-refractivity contribution in [3.05, 3.63) is 0 Å². The maximum Gasteiger partial charge on any atom is 0.242 e. The van der Waals surface area contributed by atoms with E-state index in [2.05, 4.69) is 6.07 Å². The average Bonchev–Trinajstić information content (AvgIpc) is 2.37. The monoisotopic (exact) mass is 234 g/mol. The highest BCUT2D eigenvalue weighted by atomic mass is 16.2. The van der Waals surface area contributed by atoms with Gasteiger partial charge in [0.15, 0.2) is 0 Å². The van der Waals surface area contributed by atoms with E-state index < -0.39 is 5.41 Å². The molecule has 1 aliphatic carbocycles. The fourth-order valence-corrected chi connectivity index (χ4v) is 3.23. The molecule has 1 saturated heterocycles. The van der Waals surface area contributed by atoms with Crippen molar-refractivity contribution in [1.82, 2.24) is 4.90 Å². The fraction of sp³-hybridized carbons (Fsp3) is 0.857. The molecule has 2 atom stereocenters. The Bertz CT molecular complexity index is 343. The van der Waals surface area contributed by atoms with E-state index in [0.29, 0.717) is 5.92 Å². The minimum atomic E-state index is -0.860. The maximum absolute atomic E-state index is 12.2. The van der Waals surface area contributed by atoms with Crippen molar-refractivity contribution in [3.63, 3.8) is 0 Å². The SMILES string of the molecule is CC(C)(C#N)C(=O)N1CCC2CCCCC2C1. The van der Waals surface area contributed by atoms with E-state index in [1.165, 1.54) is 25.7 Å². The summed E-state index contributed by atoms with van der Waals surface area (Å²) < 4.78 is 0. The van der Waals surface area contributed by atoms with Crippen molar-refractivity contribution in [2.24, 2.45) is 17.3 Å². The van der Waals surface area contributed by atoms with Crippen LogP contribution in [0.25, 0.3) is 0 Å². The van der Waals surface area contributed by atoms with Crippen molar-refractivity contribution in [1.29, 1.82) is 5.26 Å². The number of carbonyl (C=O) groups excluding carboxylic acids is 1. The average molecular weight is 234 g/mol. The van der Waals surface area contributed by atoms with E-state index in [4.69, 9.17) is 5.26 Å². The second-order valence-electron chi connectivity index (χ2n) is 6.08. The van der Waals surface area contributed by atoms with Crippen LogP contribution in [0.4, 0.5) is 0 Å². The van der Waals surface area contributed by atoms with Gasteiger partial charge < -0.3 is 4.90 Å². The predicted molar refractivity (Wildman–Crippen MR) is 66.0 cm³/mol. The largest absolute Gasteiger partial charge is 0.341 e. The van der Waals surface area contributed by atoms with Crippen LogP contribution < -0.4 is 0 Å². The highest BCUT2D eigenvalue weighted by Crippen LogP contribution is 2.37. The Balaban J connectivity index is 2.01. The highest BCUT2D eigenvalue weighted by molar-refractivity contribution is 5.84. The molecular weight excluding hydrogens is 212 g/mol. The topological polar surface area (TPSA) is 44.1 Å². The molecule has 2 aliphatic rings. The first-order valence-electron chi connectivity index (χ1n) is 6.75. The molecule has 2 unspecified atom stereocenters. The first kappa shape index (κ1) is 12.4. The Morgan fingerprint density at radius 1 is 1.24 bits per heavy atom. The zero-order chi connectivity index (χ0) is 12.5. The number of hydrogen-bond donors (Lipinski definition) is 0. The molecule has 1 aliphatic heterocycles. The van der Waals surface area contributed by atoms with Crippen molar-refractivity contribution in [2.75, 3.05) is 13.1 Å². The number of amides is 1.